The Labute approximate surface area is 94.2 Å². The number of hydrogen-bond donors (Lipinski definition) is 1. The second kappa shape index (κ2) is 4.92. The number of nitrogens with one attached hydrogen (secondary N) is 1. The molecule has 2 heterocycles. The zero-order chi connectivity index (χ0) is 11.6. The summed E-state index contributed by atoms with van der Waals surface area (Å²) in [6, 6.07) is 0.563. The van der Waals surface area contributed by atoms with Crippen LogP contribution in [0, 0.1) is 5.92 Å². The quantitative estimate of drug-likeness (QED) is 0.789. The first kappa shape index (κ1) is 12.2. The zero-order valence-corrected chi connectivity index (χ0v) is 9.39. The third kappa shape index (κ3) is 3.35. The van der Waals surface area contributed by atoms with Gasteiger partial charge >= 0.3 is 6.18 Å². The highest BCUT2D eigenvalue weighted by Gasteiger charge is 2.34. The summed E-state index contributed by atoms with van der Waals surface area (Å²) in [5.74, 6) is 0.590. The fourth-order valence-electron chi connectivity index (χ4n) is 2.88. The first-order chi connectivity index (χ1) is 7.54. The molecule has 2 fully saturated rings. The lowest BCUT2D eigenvalue weighted by Gasteiger charge is -2.35. The number of piperidine rings is 1. The summed E-state index contributed by atoms with van der Waals surface area (Å²) in [6.07, 6.45) is 0.192. The molecule has 5 heteroatoms. The van der Waals surface area contributed by atoms with Gasteiger partial charge in [0.25, 0.3) is 0 Å². The highest BCUT2D eigenvalue weighted by molar-refractivity contribution is 4.85. The first-order valence-corrected chi connectivity index (χ1v) is 6.07. The summed E-state index contributed by atoms with van der Waals surface area (Å²) in [7, 11) is 0. The van der Waals surface area contributed by atoms with Gasteiger partial charge in [-0.2, -0.15) is 13.2 Å². The summed E-state index contributed by atoms with van der Waals surface area (Å²) >= 11 is 0. The molecule has 94 valence electrons. The van der Waals surface area contributed by atoms with E-state index in [1.807, 2.05) is 0 Å². The van der Waals surface area contributed by atoms with E-state index in [4.69, 9.17) is 0 Å². The number of nitrogens with zero attached hydrogens (tertiary/aromatic N) is 1. The summed E-state index contributed by atoms with van der Waals surface area (Å²) in [6.45, 7) is 1.54. The predicted molar refractivity (Wildman–Crippen MR) is 56.2 cm³/mol. The minimum Gasteiger partial charge on any atom is -0.314 e. The van der Waals surface area contributed by atoms with E-state index in [2.05, 4.69) is 5.32 Å². The molecular formula is C11H19F3N2. The molecule has 2 nitrogen and oxygen atoms in total. The van der Waals surface area contributed by atoms with Crippen molar-refractivity contribution in [3.63, 3.8) is 0 Å². The van der Waals surface area contributed by atoms with Crippen molar-refractivity contribution < 1.29 is 13.2 Å². The van der Waals surface area contributed by atoms with Crippen LogP contribution in [0.2, 0.25) is 0 Å². The van der Waals surface area contributed by atoms with Crippen molar-refractivity contribution in [2.24, 2.45) is 5.92 Å². The summed E-state index contributed by atoms with van der Waals surface area (Å²) in [5, 5.41) is 3.45. The Bertz CT molecular complexity index is 216. The lowest BCUT2D eigenvalue weighted by atomic mass is 9.88. The van der Waals surface area contributed by atoms with Crippen molar-refractivity contribution in [1.82, 2.24) is 10.2 Å². The van der Waals surface area contributed by atoms with Gasteiger partial charge in [0, 0.05) is 6.04 Å². The highest BCUT2D eigenvalue weighted by atomic mass is 19.4. The van der Waals surface area contributed by atoms with Gasteiger partial charge in [0.05, 0.1) is 6.54 Å². The van der Waals surface area contributed by atoms with E-state index in [0.717, 1.165) is 19.4 Å². The minimum absolute atomic E-state index is 0.563. The van der Waals surface area contributed by atoms with Gasteiger partial charge in [-0.15, -0.1) is 0 Å². The van der Waals surface area contributed by atoms with Crippen molar-refractivity contribution in [2.45, 2.75) is 37.9 Å². The standard InChI is InChI=1S/C11H19F3N2/c12-11(13,14)8-16-6-3-9(4-7-16)10-2-1-5-15-10/h9-10,15H,1-8H2. The molecule has 0 bridgehead atoms. The van der Waals surface area contributed by atoms with Gasteiger partial charge in [-0.05, 0) is 51.2 Å². The number of hydrogen-bond acceptors (Lipinski definition) is 2. The fraction of sp³-hybridized carbons (Fsp3) is 1.00. The van der Waals surface area contributed by atoms with Gasteiger partial charge in [-0.3, -0.25) is 4.90 Å². The van der Waals surface area contributed by atoms with Crippen LogP contribution < -0.4 is 5.32 Å². The zero-order valence-electron chi connectivity index (χ0n) is 9.39. The van der Waals surface area contributed by atoms with Crippen LogP contribution in [0.15, 0.2) is 0 Å². The van der Waals surface area contributed by atoms with E-state index in [1.54, 1.807) is 0 Å². The smallest absolute Gasteiger partial charge is 0.314 e. The largest absolute Gasteiger partial charge is 0.401 e. The third-order valence-electron chi connectivity index (χ3n) is 3.70. The maximum Gasteiger partial charge on any atom is 0.401 e. The molecule has 1 N–H and O–H groups in total. The molecule has 2 saturated heterocycles. The molecule has 0 spiro atoms. The van der Waals surface area contributed by atoms with E-state index in [0.29, 0.717) is 25.0 Å². The SMILES string of the molecule is FC(F)(F)CN1CCC(C2CCCN2)CC1. The Morgan fingerprint density at radius 3 is 2.31 bits per heavy atom. The van der Waals surface area contributed by atoms with Crippen LogP contribution in [0.4, 0.5) is 13.2 Å². The van der Waals surface area contributed by atoms with Crippen LogP contribution in [0.3, 0.4) is 0 Å². The average Bonchev–Trinajstić information content (AvgIpc) is 2.69. The van der Waals surface area contributed by atoms with Crippen molar-refractivity contribution >= 4 is 0 Å². The molecule has 16 heavy (non-hydrogen) atoms. The highest BCUT2D eigenvalue weighted by Crippen LogP contribution is 2.27. The number of likely N-dealkylation sites (tertiary alicyclic amines) is 1. The molecule has 0 amide bonds. The van der Waals surface area contributed by atoms with Gasteiger partial charge in [0.1, 0.15) is 0 Å². The van der Waals surface area contributed by atoms with Crippen LogP contribution >= 0.6 is 0 Å². The lowest BCUT2D eigenvalue weighted by molar-refractivity contribution is -0.148. The van der Waals surface area contributed by atoms with Crippen LogP contribution in [0.1, 0.15) is 25.7 Å². The first-order valence-electron chi connectivity index (χ1n) is 6.07. The molecule has 2 rings (SSSR count). The molecular weight excluding hydrogens is 217 g/mol. The second-order valence-electron chi connectivity index (χ2n) is 4.93. The van der Waals surface area contributed by atoms with E-state index in [1.165, 1.54) is 17.7 Å². The Morgan fingerprint density at radius 1 is 1.12 bits per heavy atom. The van der Waals surface area contributed by atoms with E-state index in [-0.39, 0.29) is 0 Å². The van der Waals surface area contributed by atoms with E-state index < -0.39 is 12.7 Å². The molecule has 1 atom stereocenters. The van der Waals surface area contributed by atoms with Crippen LogP contribution in [-0.4, -0.2) is 43.3 Å². The Morgan fingerprint density at radius 2 is 1.81 bits per heavy atom. The minimum atomic E-state index is -4.04. The molecule has 0 aliphatic carbocycles. The van der Waals surface area contributed by atoms with Crippen molar-refractivity contribution in [1.29, 1.82) is 0 Å². The van der Waals surface area contributed by atoms with Crippen molar-refractivity contribution in [2.75, 3.05) is 26.2 Å². The Kier molecular flexibility index (Phi) is 3.74. The fourth-order valence-corrected chi connectivity index (χ4v) is 2.88. The van der Waals surface area contributed by atoms with Crippen molar-refractivity contribution in [3.05, 3.63) is 0 Å². The van der Waals surface area contributed by atoms with E-state index in [9.17, 15) is 13.2 Å². The van der Waals surface area contributed by atoms with Gasteiger partial charge < -0.3 is 5.32 Å². The maximum atomic E-state index is 12.2. The monoisotopic (exact) mass is 236 g/mol. The maximum absolute atomic E-state index is 12.2. The second-order valence-corrected chi connectivity index (χ2v) is 4.93. The molecule has 0 aromatic carbocycles. The van der Waals surface area contributed by atoms with Crippen LogP contribution in [0.25, 0.3) is 0 Å². The van der Waals surface area contributed by atoms with E-state index >= 15 is 0 Å². The topological polar surface area (TPSA) is 15.3 Å². The Hall–Kier alpha value is -0.290. The number of rotatable bonds is 2. The van der Waals surface area contributed by atoms with Crippen LogP contribution in [-0.2, 0) is 0 Å². The normalized spacial score (nSPS) is 29.8. The molecule has 2 aliphatic heterocycles. The molecule has 1 unspecified atom stereocenters. The van der Waals surface area contributed by atoms with Gasteiger partial charge in [-0.25, -0.2) is 0 Å². The average molecular weight is 236 g/mol. The molecule has 2 aliphatic rings. The van der Waals surface area contributed by atoms with Gasteiger partial charge in [0.2, 0.25) is 0 Å². The van der Waals surface area contributed by atoms with Crippen molar-refractivity contribution in [3.8, 4) is 0 Å². The lowest BCUT2D eigenvalue weighted by Crippen LogP contribution is -2.44. The van der Waals surface area contributed by atoms with Gasteiger partial charge in [-0.1, -0.05) is 0 Å². The predicted octanol–water partition coefficient (Wildman–Crippen LogP) is 2.01. The number of halogens is 3. The van der Waals surface area contributed by atoms with Crippen LogP contribution in [0.5, 0.6) is 0 Å². The molecule has 0 radical (unpaired) electrons. The third-order valence-corrected chi connectivity index (χ3v) is 3.70. The summed E-state index contributed by atoms with van der Waals surface area (Å²) in [4.78, 5) is 1.53. The number of alkyl halides is 3. The summed E-state index contributed by atoms with van der Waals surface area (Å²) in [5.41, 5.74) is 0. The summed E-state index contributed by atoms with van der Waals surface area (Å²) < 4.78 is 36.6. The molecule has 0 saturated carbocycles. The Balaban J connectivity index is 1.74. The van der Waals surface area contributed by atoms with Gasteiger partial charge in [0.15, 0.2) is 0 Å². The molecule has 0 aromatic heterocycles. The molecule has 0 aromatic rings.